The van der Waals surface area contributed by atoms with Crippen LogP contribution in [-0.2, 0) is 6.42 Å². The Bertz CT molecular complexity index is 439. The Morgan fingerprint density at radius 1 is 1.25 bits per heavy atom. The van der Waals surface area contributed by atoms with Gasteiger partial charge in [0.05, 0.1) is 0 Å². The first-order valence-corrected chi connectivity index (χ1v) is 6.95. The molecule has 1 aromatic heterocycles. The Morgan fingerprint density at radius 2 is 2.12 bits per heavy atom. The van der Waals surface area contributed by atoms with Crippen molar-refractivity contribution < 1.29 is 0 Å². The highest BCUT2D eigenvalue weighted by Crippen LogP contribution is 2.25. The molecule has 3 heteroatoms. The third-order valence-corrected chi connectivity index (χ3v) is 4.13. The van der Waals surface area contributed by atoms with Gasteiger partial charge in [0.2, 0.25) is 0 Å². The fraction of sp³-hybridized carbons (Fsp3) is 0.231. The molecule has 84 valence electrons. The molecular formula is C13H14BrNS. The number of rotatable bonds is 4. The molecule has 2 N–H and O–H groups in total. The van der Waals surface area contributed by atoms with Crippen LogP contribution in [0.4, 0.5) is 0 Å². The van der Waals surface area contributed by atoms with Crippen molar-refractivity contribution in [3.8, 4) is 0 Å². The predicted molar refractivity (Wildman–Crippen MR) is 74.0 cm³/mol. The molecule has 0 fully saturated rings. The Labute approximate surface area is 108 Å². The molecule has 16 heavy (non-hydrogen) atoms. The first-order valence-electron chi connectivity index (χ1n) is 5.27. The summed E-state index contributed by atoms with van der Waals surface area (Å²) in [4.78, 5) is 1.38. The van der Waals surface area contributed by atoms with Crippen LogP contribution in [0.5, 0.6) is 0 Å². The molecule has 0 bridgehead atoms. The third-order valence-electron chi connectivity index (χ3n) is 2.60. The van der Waals surface area contributed by atoms with Crippen molar-refractivity contribution in [1.29, 1.82) is 0 Å². The first kappa shape index (κ1) is 11.8. The SMILES string of the molecule is NCC(Cc1cccc(Br)c1)c1cccs1. The lowest BCUT2D eigenvalue weighted by Gasteiger charge is -2.13. The Morgan fingerprint density at radius 3 is 2.75 bits per heavy atom. The second-order valence-electron chi connectivity index (χ2n) is 3.78. The van der Waals surface area contributed by atoms with E-state index in [1.54, 1.807) is 11.3 Å². The van der Waals surface area contributed by atoms with Gasteiger partial charge in [0.25, 0.3) is 0 Å². The summed E-state index contributed by atoms with van der Waals surface area (Å²) in [5.41, 5.74) is 7.18. The van der Waals surface area contributed by atoms with Crippen LogP contribution in [0.1, 0.15) is 16.4 Å². The van der Waals surface area contributed by atoms with Crippen molar-refractivity contribution in [3.63, 3.8) is 0 Å². The van der Waals surface area contributed by atoms with Gasteiger partial charge in [-0.1, -0.05) is 34.1 Å². The number of halogens is 1. The fourth-order valence-corrected chi connectivity index (χ4v) is 3.06. The van der Waals surface area contributed by atoms with Crippen molar-refractivity contribution in [2.75, 3.05) is 6.54 Å². The molecule has 1 aromatic carbocycles. The van der Waals surface area contributed by atoms with E-state index in [0.717, 1.165) is 10.9 Å². The monoisotopic (exact) mass is 295 g/mol. The number of thiophene rings is 1. The molecule has 1 nitrogen and oxygen atoms in total. The van der Waals surface area contributed by atoms with Gasteiger partial charge < -0.3 is 5.73 Å². The average Bonchev–Trinajstić information content (AvgIpc) is 2.79. The predicted octanol–water partition coefficient (Wildman–Crippen LogP) is 3.80. The zero-order chi connectivity index (χ0) is 11.4. The van der Waals surface area contributed by atoms with Crippen molar-refractivity contribution in [3.05, 3.63) is 56.7 Å². The zero-order valence-corrected chi connectivity index (χ0v) is 11.3. The molecule has 0 radical (unpaired) electrons. The normalized spacial score (nSPS) is 12.6. The number of hydrogen-bond donors (Lipinski definition) is 1. The minimum atomic E-state index is 0.439. The molecular weight excluding hydrogens is 282 g/mol. The highest BCUT2D eigenvalue weighted by atomic mass is 79.9. The highest BCUT2D eigenvalue weighted by molar-refractivity contribution is 9.10. The van der Waals surface area contributed by atoms with Gasteiger partial charge in [-0.15, -0.1) is 11.3 Å². The van der Waals surface area contributed by atoms with Crippen LogP contribution < -0.4 is 5.73 Å². The lowest BCUT2D eigenvalue weighted by atomic mass is 9.98. The van der Waals surface area contributed by atoms with Crippen LogP contribution in [0, 0.1) is 0 Å². The van der Waals surface area contributed by atoms with Crippen molar-refractivity contribution in [2.24, 2.45) is 5.73 Å². The van der Waals surface area contributed by atoms with E-state index in [9.17, 15) is 0 Å². The molecule has 0 saturated heterocycles. The van der Waals surface area contributed by atoms with Gasteiger partial charge in [-0.2, -0.15) is 0 Å². The maximum atomic E-state index is 5.84. The first-order chi connectivity index (χ1) is 7.79. The summed E-state index contributed by atoms with van der Waals surface area (Å²) in [7, 11) is 0. The molecule has 1 atom stereocenters. The van der Waals surface area contributed by atoms with Gasteiger partial charge in [-0.25, -0.2) is 0 Å². The molecule has 1 unspecified atom stereocenters. The molecule has 2 aromatic rings. The van der Waals surface area contributed by atoms with E-state index in [1.807, 2.05) is 6.07 Å². The summed E-state index contributed by atoms with van der Waals surface area (Å²) in [6.07, 6.45) is 1.01. The van der Waals surface area contributed by atoms with E-state index in [0.29, 0.717) is 12.5 Å². The van der Waals surface area contributed by atoms with Crippen LogP contribution in [0.3, 0.4) is 0 Å². The summed E-state index contributed by atoms with van der Waals surface area (Å²) in [6.45, 7) is 0.701. The zero-order valence-electron chi connectivity index (χ0n) is 8.90. The maximum Gasteiger partial charge on any atom is 0.0177 e. The number of hydrogen-bond acceptors (Lipinski definition) is 2. The second-order valence-corrected chi connectivity index (χ2v) is 5.68. The van der Waals surface area contributed by atoms with Crippen LogP contribution in [0.2, 0.25) is 0 Å². The second kappa shape index (κ2) is 5.62. The van der Waals surface area contributed by atoms with E-state index < -0.39 is 0 Å². The van der Waals surface area contributed by atoms with Gasteiger partial charge in [-0.05, 0) is 35.6 Å². The van der Waals surface area contributed by atoms with E-state index in [2.05, 4.69) is 51.6 Å². The number of benzene rings is 1. The standard InChI is InChI=1S/C13H14BrNS/c14-12-4-1-3-10(8-12)7-11(9-15)13-5-2-6-16-13/h1-6,8,11H,7,9,15H2. The van der Waals surface area contributed by atoms with Gasteiger partial charge in [0, 0.05) is 21.8 Å². The van der Waals surface area contributed by atoms with E-state index >= 15 is 0 Å². The van der Waals surface area contributed by atoms with Crippen LogP contribution >= 0.6 is 27.3 Å². The van der Waals surface area contributed by atoms with Crippen LogP contribution in [0.25, 0.3) is 0 Å². The maximum absolute atomic E-state index is 5.84. The van der Waals surface area contributed by atoms with Gasteiger partial charge in [0.1, 0.15) is 0 Å². The molecule has 2 rings (SSSR count). The molecule has 1 heterocycles. The topological polar surface area (TPSA) is 26.0 Å². The Hall–Kier alpha value is -0.640. The molecule has 0 aliphatic rings. The minimum Gasteiger partial charge on any atom is -0.330 e. The lowest BCUT2D eigenvalue weighted by molar-refractivity contribution is 0.707. The average molecular weight is 296 g/mol. The van der Waals surface area contributed by atoms with Crippen LogP contribution in [0.15, 0.2) is 46.3 Å². The van der Waals surface area contributed by atoms with Crippen molar-refractivity contribution in [1.82, 2.24) is 0 Å². The minimum absolute atomic E-state index is 0.439. The molecule has 0 spiro atoms. The lowest BCUT2D eigenvalue weighted by Crippen LogP contribution is -2.13. The summed E-state index contributed by atoms with van der Waals surface area (Å²) < 4.78 is 1.13. The van der Waals surface area contributed by atoms with Gasteiger partial charge in [-0.3, -0.25) is 0 Å². The van der Waals surface area contributed by atoms with E-state index in [-0.39, 0.29) is 0 Å². The summed E-state index contributed by atoms with van der Waals surface area (Å²) in [5, 5.41) is 2.11. The number of nitrogens with two attached hydrogens (primary N) is 1. The molecule has 0 aliphatic heterocycles. The van der Waals surface area contributed by atoms with Crippen LogP contribution in [-0.4, -0.2) is 6.54 Å². The summed E-state index contributed by atoms with van der Waals surface area (Å²) in [5.74, 6) is 0.439. The largest absolute Gasteiger partial charge is 0.330 e. The van der Waals surface area contributed by atoms with E-state index in [1.165, 1.54) is 10.4 Å². The molecule has 0 amide bonds. The summed E-state index contributed by atoms with van der Waals surface area (Å²) in [6, 6.07) is 12.7. The highest BCUT2D eigenvalue weighted by Gasteiger charge is 2.11. The summed E-state index contributed by atoms with van der Waals surface area (Å²) >= 11 is 5.28. The van der Waals surface area contributed by atoms with Crippen molar-refractivity contribution >= 4 is 27.3 Å². The van der Waals surface area contributed by atoms with Gasteiger partial charge in [0.15, 0.2) is 0 Å². The van der Waals surface area contributed by atoms with Crippen molar-refractivity contribution in [2.45, 2.75) is 12.3 Å². The third kappa shape index (κ3) is 2.94. The van der Waals surface area contributed by atoms with E-state index in [4.69, 9.17) is 5.73 Å². The fourth-order valence-electron chi connectivity index (χ4n) is 1.77. The Balaban J connectivity index is 2.13. The molecule has 0 aliphatic carbocycles. The molecule has 0 saturated carbocycles. The quantitative estimate of drug-likeness (QED) is 0.912. The smallest absolute Gasteiger partial charge is 0.0177 e. The van der Waals surface area contributed by atoms with Gasteiger partial charge >= 0.3 is 0 Å². The Kier molecular flexibility index (Phi) is 4.16.